The van der Waals surface area contributed by atoms with Crippen molar-refractivity contribution in [1.82, 2.24) is 4.90 Å². The van der Waals surface area contributed by atoms with E-state index in [1.165, 1.54) is 0 Å². The van der Waals surface area contributed by atoms with Gasteiger partial charge in [0, 0.05) is 37.4 Å². The number of carbonyl (C=O) groups excluding carboxylic acids is 1. The Hall–Kier alpha value is -1.59. The fourth-order valence-corrected chi connectivity index (χ4v) is 2.67. The molecule has 0 spiro atoms. The van der Waals surface area contributed by atoms with Gasteiger partial charge in [-0.25, -0.2) is 0 Å². The lowest BCUT2D eigenvalue weighted by molar-refractivity contribution is -0.116. The molecule has 0 bridgehead atoms. The van der Waals surface area contributed by atoms with E-state index in [9.17, 15) is 9.90 Å². The smallest absolute Gasteiger partial charge is 0.225 e. The molecule has 1 aliphatic heterocycles. The predicted molar refractivity (Wildman–Crippen MR) is 85.1 cm³/mol. The fraction of sp³-hybridized carbons (Fsp3) is 0.562. The van der Waals surface area contributed by atoms with Gasteiger partial charge in [0.25, 0.3) is 0 Å². The minimum Gasteiger partial charge on any atom is -0.399 e. The molecule has 1 amide bonds. The number of nitrogens with zero attached hydrogens (tertiary/aromatic N) is 1. The van der Waals surface area contributed by atoms with Crippen LogP contribution in [-0.4, -0.2) is 41.7 Å². The minimum absolute atomic E-state index is 0.00229. The van der Waals surface area contributed by atoms with E-state index in [1.54, 1.807) is 6.07 Å². The molecule has 1 heterocycles. The number of piperidine rings is 1. The number of likely N-dealkylation sites (tertiary alicyclic amines) is 1. The summed E-state index contributed by atoms with van der Waals surface area (Å²) in [5.41, 5.74) is 8.17. The molecule has 4 N–H and O–H groups in total. The first-order chi connectivity index (χ1) is 9.95. The second-order valence-corrected chi connectivity index (χ2v) is 6.01. The maximum atomic E-state index is 12.0. The number of aryl methyl sites for hydroxylation is 1. The summed E-state index contributed by atoms with van der Waals surface area (Å²) in [5, 5.41) is 12.6. The van der Waals surface area contributed by atoms with Gasteiger partial charge in [0.05, 0.1) is 6.10 Å². The summed E-state index contributed by atoms with van der Waals surface area (Å²) in [5.74, 6) is 0.278. The summed E-state index contributed by atoms with van der Waals surface area (Å²) in [6.45, 7) is 6.43. The number of rotatable bonds is 4. The average Bonchev–Trinajstić information content (AvgIpc) is 2.44. The van der Waals surface area contributed by atoms with Crippen LogP contribution in [0.15, 0.2) is 18.2 Å². The summed E-state index contributed by atoms with van der Waals surface area (Å²) < 4.78 is 0. The summed E-state index contributed by atoms with van der Waals surface area (Å²) >= 11 is 0. The third-order valence-electron chi connectivity index (χ3n) is 4.13. The van der Waals surface area contributed by atoms with Crippen molar-refractivity contribution < 1.29 is 9.90 Å². The Morgan fingerprint density at radius 2 is 2.29 bits per heavy atom. The second kappa shape index (κ2) is 6.91. The number of nitrogen functional groups attached to an aromatic ring is 1. The summed E-state index contributed by atoms with van der Waals surface area (Å²) in [4.78, 5) is 14.3. The van der Waals surface area contributed by atoms with E-state index in [-0.39, 0.29) is 17.9 Å². The van der Waals surface area contributed by atoms with Crippen molar-refractivity contribution in [2.24, 2.45) is 5.92 Å². The third-order valence-corrected chi connectivity index (χ3v) is 4.13. The highest BCUT2D eigenvalue weighted by molar-refractivity contribution is 5.92. The van der Waals surface area contributed by atoms with Crippen molar-refractivity contribution in [3.05, 3.63) is 23.8 Å². The first-order valence-electron chi connectivity index (χ1n) is 7.52. The molecule has 2 atom stereocenters. The normalized spacial score (nSPS) is 23.0. The van der Waals surface area contributed by atoms with E-state index in [0.29, 0.717) is 12.1 Å². The molecular weight excluding hydrogens is 266 g/mol. The first kappa shape index (κ1) is 15.8. The number of benzene rings is 1. The topological polar surface area (TPSA) is 78.6 Å². The molecule has 2 rings (SSSR count). The zero-order valence-electron chi connectivity index (χ0n) is 12.8. The van der Waals surface area contributed by atoms with Crippen molar-refractivity contribution in [3.8, 4) is 0 Å². The molecule has 5 nitrogen and oxygen atoms in total. The number of nitrogens with two attached hydrogens (primary N) is 1. The van der Waals surface area contributed by atoms with Crippen molar-refractivity contribution in [2.45, 2.75) is 32.8 Å². The minimum atomic E-state index is -0.204. The van der Waals surface area contributed by atoms with Crippen molar-refractivity contribution in [3.63, 3.8) is 0 Å². The molecule has 116 valence electrons. The Labute approximate surface area is 126 Å². The van der Waals surface area contributed by atoms with Crippen molar-refractivity contribution >= 4 is 17.3 Å². The Balaban J connectivity index is 1.81. The zero-order chi connectivity index (χ0) is 15.4. The van der Waals surface area contributed by atoms with Crippen LogP contribution >= 0.6 is 0 Å². The number of amides is 1. The van der Waals surface area contributed by atoms with Crippen LogP contribution in [-0.2, 0) is 4.79 Å². The maximum Gasteiger partial charge on any atom is 0.225 e. The fourth-order valence-electron chi connectivity index (χ4n) is 2.67. The number of hydrogen-bond donors (Lipinski definition) is 3. The standard InChI is InChI=1S/C16H25N3O2/c1-11-3-4-13(17)9-14(11)18-16(21)6-8-19-7-5-15(20)12(2)10-19/h3-4,9,12,15,20H,5-8,10,17H2,1-2H3,(H,18,21). The van der Waals surface area contributed by atoms with Gasteiger partial charge in [-0.1, -0.05) is 13.0 Å². The van der Waals surface area contributed by atoms with Gasteiger partial charge in [-0.3, -0.25) is 4.79 Å². The van der Waals surface area contributed by atoms with Gasteiger partial charge in [-0.15, -0.1) is 0 Å². The molecule has 1 aromatic carbocycles. The molecule has 1 aromatic rings. The van der Waals surface area contributed by atoms with Gasteiger partial charge in [0.1, 0.15) is 0 Å². The monoisotopic (exact) mass is 291 g/mol. The van der Waals surface area contributed by atoms with Gasteiger partial charge in [0.15, 0.2) is 0 Å². The van der Waals surface area contributed by atoms with Crippen LogP contribution < -0.4 is 11.1 Å². The van der Waals surface area contributed by atoms with E-state index in [0.717, 1.165) is 37.3 Å². The highest BCUT2D eigenvalue weighted by Gasteiger charge is 2.24. The first-order valence-corrected chi connectivity index (χ1v) is 7.52. The molecule has 1 aliphatic rings. The molecule has 5 heteroatoms. The van der Waals surface area contributed by atoms with Crippen molar-refractivity contribution in [1.29, 1.82) is 0 Å². The van der Waals surface area contributed by atoms with Crippen LogP contribution in [0.25, 0.3) is 0 Å². The lowest BCUT2D eigenvalue weighted by Crippen LogP contribution is -2.42. The largest absolute Gasteiger partial charge is 0.399 e. The van der Waals surface area contributed by atoms with Crippen LogP contribution in [0.2, 0.25) is 0 Å². The molecule has 0 aliphatic carbocycles. The SMILES string of the molecule is Cc1ccc(N)cc1NC(=O)CCN1CCC(O)C(C)C1. The quantitative estimate of drug-likeness (QED) is 0.736. The van der Waals surface area contributed by atoms with Gasteiger partial charge < -0.3 is 21.1 Å². The predicted octanol–water partition coefficient (Wildman–Crippen LogP) is 1.61. The van der Waals surface area contributed by atoms with Crippen LogP contribution in [0.1, 0.15) is 25.3 Å². The summed E-state index contributed by atoms with van der Waals surface area (Å²) in [6.07, 6.45) is 1.04. The molecule has 1 fully saturated rings. The Kier molecular flexibility index (Phi) is 5.20. The van der Waals surface area contributed by atoms with Gasteiger partial charge in [0.2, 0.25) is 5.91 Å². The van der Waals surface area contributed by atoms with Crippen LogP contribution in [0.4, 0.5) is 11.4 Å². The van der Waals surface area contributed by atoms with Crippen LogP contribution in [0, 0.1) is 12.8 Å². The molecule has 1 saturated heterocycles. The van der Waals surface area contributed by atoms with E-state index in [2.05, 4.69) is 10.2 Å². The van der Waals surface area contributed by atoms with E-state index in [4.69, 9.17) is 5.73 Å². The van der Waals surface area contributed by atoms with Gasteiger partial charge in [-0.2, -0.15) is 0 Å². The second-order valence-electron chi connectivity index (χ2n) is 6.01. The number of aliphatic hydroxyl groups excluding tert-OH is 1. The number of hydrogen-bond acceptors (Lipinski definition) is 4. The Morgan fingerprint density at radius 1 is 1.52 bits per heavy atom. The highest BCUT2D eigenvalue weighted by Crippen LogP contribution is 2.19. The molecule has 21 heavy (non-hydrogen) atoms. The average molecular weight is 291 g/mol. The van der Waals surface area contributed by atoms with Gasteiger partial charge in [-0.05, 0) is 37.0 Å². The third kappa shape index (κ3) is 4.44. The Morgan fingerprint density at radius 3 is 3.00 bits per heavy atom. The molecule has 0 saturated carbocycles. The van der Waals surface area contributed by atoms with E-state index in [1.807, 2.05) is 26.0 Å². The van der Waals surface area contributed by atoms with Crippen LogP contribution in [0.3, 0.4) is 0 Å². The molecule has 2 unspecified atom stereocenters. The molecule has 0 aromatic heterocycles. The van der Waals surface area contributed by atoms with E-state index < -0.39 is 0 Å². The number of nitrogens with one attached hydrogen (secondary N) is 1. The number of carbonyl (C=O) groups is 1. The highest BCUT2D eigenvalue weighted by atomic mass is 16.3. The number of aliphatic hydroxyl groups is 1. The zero-order valence-corrected chi connectivity index (χ0v) is 12.8. The molecular formula is C16H25N3O2. The Bertz CT molecular complexity index is 504. The van der Waals surface area contributed by atoms with Crippen LogP contribution in [0.5, 0.6) is 0 Å². The maximum absolute atomic E-state index is 12.0. The number of anilines is 2. The lowest BCUT2D eigenvalue weighted by Gasteiger charge is -2.34. The molecule has 0 radical (unpaired) electrons. The summed E-state index contributed by atoms with van der Waals surface area (Å²) in [7, 11) is 0. The van der Waals surface area contributed by atoms with E-state index >= 15 is 0 Å². The van der Waals surface area contributed by atoms with Gasteiger partial charge >= 0.3 is 0 Å². The lowest BCUT2D eigenvalue weighted by atomic mass is 9.97. The van der Waals surface area contributed by atoms with Crippen molar-refractivity contribution in [2.75, 3.05) is 30.7 Å². The summed E-state index contributed by atoms with van der Waals surface area (Å²) in [6, 6.07) is 5.51.